The highest BCUT2D eigenvalue weighted by molar-refractivity contribution is 5.92. The summed E-state index contributed by atoms with van der Waals surface area (Å²) in [6, 6.07) is 0. The van der Waals surface area contributed by atoms with E-state index < -0.39 is 0 Å². The first-order valence-corrected chi connectivity index (χ1v) is 4.11. The molecule has 0 bridgehead atoms. The number of nitrogens with one attached hydrogen (secondary N) is 1. The van der Waals surface area contributed by atoms with Crippen molar-refractivity contribution in [3.05, 3.63) is 18.2 Å². The predicted octanol–water partition coefficient (Wildman–Crippen LogP) is -0.468. The van der Waals surface area contributed by atoms with Crippen LogP contribution in [0.4, 0.5) is 0 Å². The van der Waals surface area contributed by atoms with Gasteiger partial charge in [0.25, 0.3) is 5.91 Å². The zero-order valence-electron chi connectivity index (χ0n) is 7.53. The van der Waals surface area contributed by atoms with Gasteiger partial charge in [0.1, 0.15) is 5.69 Å². The monoisotopic (exact) mass is 183 g/mol. The van der Waals surface area contributed by atoms with E-state index in [9.17, 15) is 4.79 Å². The van der Waals surface area contributed by atoms with Crippen molar-refractivity contribution in [3.63, 3.8) is 0 Å². The maximum Gasteiger partial charge on any atom is 0.269 e. The van der Waals surface area contributed by atoms with Crippen LogP contribution < -0.4 is 5.32 Å². The molecular formula is C8H13N3O2. The van der Waals surface area contributed by atoms with Crippen molar-refractivity contribution >= 4 is 5.91 Å². The molecule has 0 radical (unpaired) electrons. The number of aromatic nitrogens is 2. The van der Waals surface area contributed by atoms with E-state index in [1.807, 2.05) is 0 Å². The third-order valence-electron chi connectivity index (χ3n) is 1.67. The molecule has 0 aliphatic rings. The lowest BCUT2D eigenvalue weighted by molar-refractivity contribution is 0.0943. The summed E-state index contributed by atoms with van der Waals surface area (Å²) in [5.74, 6) is -0.159. The molecule has 0 aliphatic carbocycles. The molecule has 0 saturated carbocycles. The normalized spacial score (nSPS) is 10.0. The molecule has 72 valence electrons. The van der Waals surface area contributed by atoms with Crippen LogP contribution in [-0.2, 0) is 7.05 Å². The molecule has 1 amide bonds. The maximum absolute atomic E-state index is 11.3. The Morgan fingerprint density at radius 2 is 2.54 bits per heavy atom. The SMILES string of the molecule is Cn1cncc1C(=O)NCCCO. The number of carbonyl (C=O) groups excluding carboxylic acids is 1. The molecule has 0 atom stereocenters. The number of nitrogens with zero attached hydrogens (tertiary/aromatic N) is 2. The number of rotatable bonds is 4. The number of aryl methyl sites for hydroxylation is 1. The second-order valence-electron chi connectivity index (χ2n) is 2.72. The number of imidazole rings is 1. The summed E-state index contributed by atoms with van der Waals surface area (Å²) in [6.07, 6.45) is 3.65. The summed E-state index contributed by atoms with van der Waals surface area (Å²) in [5.41, 5.74) is 0.526. The summed E-state index contributed by atoms with van der Waals surface area (Å²) >= 11 is 0. The zero-order chi connectivity index (χ0) is 9.68. The molecule has 5 nitrogen and oxygen atoms in total. The Morgan fingerprint density at radius 1 is 1.77 bits per heavy atom. The fraction of sp³-hybridized carbons (Fsp3) is 0.500. The van der Waals surface area contributed by atoms with Gasteiger partial charge in [0.2, 0.25) is 0 Å². The van der Waals surface area contributed by atoms with Gasteiger partial charge < -0.3 is 15.0 Å². The number of hydrogen-bond donors (Lipinski definition) is 2. The lowest BCUT2D eigenvalue weighted by atomic mass is 10.4. The molecule has 13 heavy (non-hydrogen) atoms. The molecule has 5 heteroatoms. The van der Waals surface area contributed by atoms with Crippen LogP contribution in [0.2, 0.25) is 0 Å². The zero-order valence-corrected chi connectivity index (χ0v) is 7.53. The first-order chi connectivity index (χ1) is 6.25. The Labute approximate surface area is 76.4 Å². The summed E-state index contributed by atoms with van der Waals surface area (Å²) < 4.78 is 1.65. The Bertz CT molecular complexity index is 283. The van der Waals surface area contributed by atoms with Crippen LogP contribution in [0.3, 0.4) is 0 Å². The number of hydrogen-bond acceptors (Lipinski definition) is 3. The van der Waals surface area contributed by atoms with E-state index in [2.05, 4.69) is 10.3 Å². The van der Waals surface area contributed by atoms with Crippen LogP contribution in [0.15, 0.2) is 12.5 Å². The Hall–Kier alpha value is -1.36. The van der Waals surface area contributed by atoms with E-state index in [-0.39, 0.29) is 12.5 Å². The highest BCUT2D eigenvalue weighted by Gasteiger charge is 2.07. The van der Waals surface area contributed by atoms with Crippen molar-refractivity contribution in [2.45, 2.75) is 6.42 Å². The average molecular weight is 183 g/mol. The van der Waals surface area contributed by atoms with Crippen LogP contribution in [-0.4, -0.2) is 33.7 Å². The topological polar surface area (TPSA) is 67.2 Å². The fourth-order valence-electron chi connectivity index (χ4n) is 0.948. The minimum Gasteiger partial charge on any atom is -0.396 e. The first kappa shape index (κ1) is 9.73. The number of aliphatic hydroxyl groups is 1. The molecule has 0 saturated heterocycles. The molecule has 0 aliphatic heterocycles. The van der Waals surface area contributed by atoms with Gasteiger partial charge in [-0.3, -0.25) is 4.79 Å². The molecule has 1 aromatic heterocycles. The van der Waals surface area contributed by atoms with Gasteiger partial charge in [0.05, 0.1) is 12.5 Å². The fourth-order valence-corrected chi connectivity index (χ4v) is 0.948. The van der Waals surface area contributed by atoms with Crippen LogP contribution in [0, 0.1) is 0 Å². The molecule has 1 rings (SSSR count). The second kappa shape index (κ2) is 4.61. The van der Waals surface area contributed by atoms with E-state index in [0.717, 1.165) is 0 Å². The summed E-state index contributed by atoms with van der Waals surface area (Å²) in [6.45, 7) is 0.576. The third kappa shape index (κ3) is 2.55. The molecule has 0 spiro atoms. The molecule has 0 aromatic carbocycles. The van der Waals surface area contributed by atoms with Gasteiger partial charge >= 0.3 is 0 Å². The van der Waals surface area contributed by atoms with E-state index in [1.165, 1.54) is 6.20 Å². The standard InChI is InChI=1S/C8H13N3O2/c1-11-6-9-5-7(11)8(13)10-3-2-4-12/h5-6,12H,2-4H2,1H3,(H,10,13). The minimum absolute atomic E-state index is 0.0890. The molecular weight excluding hydrogens is 170 g/mol. The smallest absolute Gasteiger partial charge is 0.269 e. The Morgan fingerprint density at radius 3 is 3.08 bits per heavy atom. The van der Waals surface area contributed by atoms with Gasteiger partial charge in [-0.05, 0) is 6.42 Å². The predicted molar refractivity (Wildman–Crippen MR) is 47.2 cm³/mol. The van der Waals surface area contributed by atoms with Crippen LogP contribution in [0.25, 0.3) is 0 Å². The van der Waals surface area contributed by atoms with Crippen LogP contribution in [0.1, 0.15) is 16.9 Å². The highest BCUT2D eigenvalue weighted by atomic mass is 16.3. The number of aliphatic hydroxyl groups excluding tert-OH is 1. The van der Waals surface area contributed by atoms with E-state index in [0.29, 0.717) is 18.7 Å². The molecule has 1 aromatic rings. The number of amides is 1. The van der Waals surface area contributed by atoms with Crippen LogP contribution in [0.5, 0.6) is 0 Å². The second-order valence-corrected chi connectivity index (χ2v) is 2.72. The Balaban J connectivity index is 2.45. The van der Waals surface area contributed by atoms with Crippen molar-refractivity contribution < 1.29 is 9.90 Å². The van der Waals surface area contributed by atoms with Crippen molar-refractivity contribution in [1.82, 2.24) is 14.9 Å². The van der Waals surface area contributed by atoms with Crippen molar-refractivity contribution in [2.24, 2.45) is 7.05 Å². The molecule has 1 heterocycles. The van der Waals surface area contributed by atoms with E-state index in [1.54, 1.807) is 17.9 Å². The summed E-state index contributed by atoms with van der Waals surface area (Å²) in [5, 5.41) is 11.2. The van der Waals surface area contributed by atoms with Crippen molar-refractivity contribution in [3.8, 4) is 0 Å². The van der Waals surface area contributed by atoms with Crippen molar-refractivity contribution in [1.29, 1.82) is 0 Å². The quantitative estimate of drug-likeness (QED) is 0.620. The highest BCUT2D eigenvalue weighted by Crippen LogP contribution is 1.95. The van der Waals surface area contributed by atoms with Gasteiger partial charge in [0.15, 0.2) is 0 Å². The first-order valence-electron chi connectivity index (χ1n) is 4.11. The lowest BCUT2D eigenvalue weighted by Crippen LogP contribution is -2.26. The molecule has 0 unspecified atom stereocenters. The van der Waals surface area contributed by atoms with Gasteiger partial charge in [-0.1, -0.05) is 0 Å². The maximum atomic E-state index is 11.3. The van der Waals surface area contributed by atoms with Crippen LogP contribution >= 0.6 is 0 Å². The van der Waals surface area contributed by atoms with Gasteiger partial charge in [-0.25, -0.2) is 4.98 Å². The lowest BCUT2D eigenvalue weighted by Gasteiger charge is -2.03. The van der Waals surface area contributed by atoms with Gasteiger partial charge in [0, 0.05) is 20.2 Å². The number of carbonyl (C=O) groups is 1. The van der Waals surface area contributed by atoms with Crippen molar-refractivity contribution in [2.75, 3.05) is 13.2 Å². The average Bonchev–Trinajstić information content (AvgIpc) is 2.52. The summed E-state index contributed by atoms with van der Waals surface area (Å²) in [7, 11) is 1.76. The third-order valence-corrected chi connectivity index (χ3v) is 1.67. The largest absolute Gasteiger partial charge is 0.396 e. The Kier molecular flexibility index (Phi) is 3.45. The van der Waals surface area contributed by atoms with Gasteiger partial charge in [-0.15, -0.1) is 0 Å². The molecule has 0 fully saturated rings. The van der Waals surface area contributed by atoms with E-state index >= 15 is 0 Å². The van der Waals surface area contributed by atoms with Gasteiger partial charge in [-0.2, -0.15) is 0 Å². The summed E-state index contributed by atoms with van der Waals surface area (Å²) in [4.78, 5) is 15.2. The van der Waals surface area contributed by atoms with E-state index in [4.69, 9.17) is 5.11 Å². The minimum atomic E-state index is -0.159. The molecule has 2 N–H and O–H groups in total.